The minimum atomic E-state index is -1.33. The van der Waals surface area contributed by atoms with Gasteiger partial charge in [0.25, 0.3) is 0 Å². The van der Waals surface area contributed by atoms with E-state index in [-0.39, 0.29) is 6.67 Å². The van der Waals surface area contributed by atoms with Crippen LogP contribution in [-0.2, 0) is 0 Å². The number of carbonyl (C=O) groups is 1. The summed E-state index contributed by atoms with van der Waals surface area (Å²) >= 11 is 35.3. The Morgan fingerprint density at radius 3 is 0.895 bits per heavy atom. The van der Waals surface area contributed by atoms with Crippen LogP contribution < -0.4 is 17.2 Å². The smallest absolute Gasteiger partial charge is 0.402 e. The van der Waals surface area contributed by atoms with Crippen molar-refractivity contribution in [3.05, 3.63) is 0 Å². The highest BCUT2D eigenvalue weighted by Crippen LogP contribution is 2.39. The Hall–Kier alpha value is 0.930. The summed E-state index contributed by atoms with van der Waals surface area (Å²) in [5.74, 6) is 0. The minimum absolute atomic E-state index is 0.250. The monoisotopic (exact) mass is 395 g/mol. The molecule has 0 heterocycles. The molecular weight excluding hydrogens is 383 g/mol. The molecule has 11 heteroatoms. The first-order valence-corrected chi connectivity index (χ1v) is 7.46. The van der Waals surface area contributed by atoms with Crippen molar-refractivity contribution in [2.45, 2.75) is 32.3 Å². The first kappa shape index (κ1) is 22.2. The normalized spacial score (nSPS) is 37.3. The Morgan fingerprint density at radius 1 is 0.789 bits per heavy atom. The molecule has 0 atom stereocenters. The Balaban J connectivity index is 0. The molecule has 1 aliphatic carbocycles. The zero-order valence-electron chi connectivity index (χ0n) is 9.53. The van der Waals surface area contributed by atoms with Gasteiger partial charge in [-0.15, -0.1) is 69.6 Å². The predicted molar refractivity (Wildman–Crippen MR) is 83.3 cm³/mol. The maximum Gasteiger partial charge on any atom is 0.402 e. The van der Waals surface area contributed by atoms with Crippen molar-refractivity contribution in [1.29, 1.82) is 0 Å². The summed E-state index contributed by atoms with van der Waals surface area (Å²) < 4.78 is 0. The third kappa shape index (κ3) is 8.73. The van der Waals surface area contributed by atoms with Crippen molar-refractivity contribution < 1.29 is 9.90 Å². The van der Waals surface area contributed by atoms with Crippen molar-refractivity contribution in [2.75, 3.05) is 6.67 Å². The average molecular weight is 398 g/mol. The van der Waals surface area contributed by atoms with E-state index < -0.39 is 38.4 Å². The number of hydrogen-bond acceptors (Lipinski definition) is 3. The lowest BCUT2D eigenvalue weighted by Gasteiger charge is -2.37. The van der Waals surface area contributed by atoms with E-state index >= 15 is 0 Å². The van der Waals surface area contributed by atoms with Gasteiger partial charge in [-0.3, -0.25) is 0 Å². The summed E-state index contributed by atoms with van der Waals surface area (Å²) in [5.41, 5.74) is 13.3. The topological polar surface area (TPSA) is 115 Å². The molecule has 7 N–H and O–H groups in total. The highest BCUT2D eigenvalue weighted by molar-refractivity contribution is 6.45. The van der Waals surface area contributed by atoms with Crippen LogP contribution in [0.1, 0.15) is 0 Å². The maximum atomic E-state index is 8.78. The summed E-state index contributed by atoms with van der Waals surface area (Å²) in [4.78, 5) is 8.78. The van der Waals surface area contributed by atoms with E-state index in [0.29, 0.717) is 0 Å². The summed E-state index contributed by atoms with van der Waals surface area (Å²) in [6.07, 6.45) is -1.33. The van der Waals surface area contributed by atoms with Gasteiger partial charge in [-0.2, -0.15) is 0 Å². The van der Waals surface area contributed by atoms with E-state index in [2.05, 4.69) is 17.2 Å². The van der Waals surface area contributed by atoms with Crippen LogP contribution in [0.15, 0.2) is 0 Å². The number of alkyl halides is 6. The van der Waals surface area contributed by atoms with Gasteiger partial charge in [-0.05, 0) is 0 Å². The molecular formula is C8H15Cl6N3O2. The maximum absolute atomic E-state index is 8.78. The van der Waals surface area contributed by atoms with Gasteiger partial charge in [0.05, 0.1) is 32.3 Å². The quantitative estimate of drug-likeness (QED) is 0.370. The molecule has 1 amide bonds. The molecule has 116 valence electrons. The van der Waals surface area contributed by atoms with Crippen LogP contribution in [0.4, 0.5) is 4.79 Å². The fraction of sp³-hybridized carbons (Fsp3) is 0.875. The molecule has 19 heavy (non-hydrogen) atoms. The van der Waals surface area contributed by atoms with Gasteiger partial charge >= 0.3 is 6.09 Å². The van der Waals surface area contributed by atoms with Gasteiger partial charge in [0, 0.05) is 6.67 Å². The van der Waals surface area contributed by atoms with Crippen LogP contribution in [0.3, 0.4) is 0 Å². The van der Waals surface area contributed by atoms with Crippen LogP contribution >= 0.6 is 69.6 Å². The van der Waals surface area contributed by atoms with Crippen molar-refractivity contribution in [3.8, 4) is 0 Å². The average Bonchev–Trinajstić information content (AvgIpc) is 2.32. The Bertz CT molecular complexity index is 200. The van der Waals surface area contributed by atoms with Gasteiger partial charge in [-0.1, -0.05) is 0 Å². The summed E-state index contributed by atoms with van der Waals surface area (Å²) in [7, 11) is 0. The molecule has 0 aromatic carbocycles. The minimum Gasteiger partial charge on any atom is -0.465 e. The van der Waals surface area contributed by atoms with Gasteiger partial charge in [0.1, 0.15) is 0 Å². The van der Waals surface area contributed by atoms with Gasteiger partial charge in [0.2, 0.25) is 0 Å². The lowest BCUT2D eigenvalue weighted by Crippen LogP contribution is -2.52. The van der Waals surface area contributed by atoms with E-state index in [9.17, 15) is 0 Å². The van der Waals surface area contributed by atoms with E-state index in [0.717, 1.165) is 0 Å². The Labute approximate surface area is 141 Å². The number of hydrogen-bond donors (Lipinski definition) is 4. The van der Waals surface area contributed by atoms with Crippen LogP contribution in [-0.4, -0.2) is 50.1 Å². The van der Waals surface area contributed by atoms with Gasteiger partial charge in [-0.25, -0.2) is 4.79 Å². The van der Waals surface area contributed by atoms with Gasteiger partial charge in [0.15, 0.2) is 0 Å². The molecule has 1 saturated carbocycles. The molecule has 0 aromatic heterocycles. The molecule has 0 saturated heterocycles. The fourth-order valence-electron chi connectivity index (χ4n) is 1.05. The van der Waals surface area contributed by atoms with E-state index in [1.54, 1.807) is 0 Å². The number of primary amides is 1. The van der Waals surface area contributed by atoms with Crippen molar-refractivity contribution >= 4 is 75.7 Å². The zero-order chi connectivity index (χ0) is 15.7. The second-order valence-corrected chi connectivity index (χ2v) is 6.26. The van der Waals surface area contributed by atoms with Crippen LogP contribution in [0.25, 0.3) is 0 Å². The molecule has 1 rings (SSSR count). The summed E-state index contributed by atoms with van der Waals surface area (Å²) in [6.45, 7) is 0.250. The second kappa shape index (κ2) is 11.6. The standard InChI is InChI=1S/C6H6Cl6.CH6N2.CH3NO2/c7-1-2(8)4(10)6(12)5(11)3(1)9;2-1-3;2-1(3)4/h1-6H;1-3H2;2H2,(H,3,4)/t1-,2-,3-,4+,5+,6+;;. The van der Waals surface area contributed by atoms with Crippen LogP contribution in [0.2, 0.25) is 0 Å². The molecule has 0 aromatic rings. The Morgan fingerprint density at radius 2 is 0.842 bits per heavy atom. The lowest BCUT2D eigenvalue weighted by atomic mass is 9.97. The number of carboxylic acid groups (broad SMARTS) is 1. The second-order valence-electron chi connectivity index (χ2n) is 3.24. The highest BCUT2D eigenvalue weighted by Gasteiger charge is 2.46. The molecule has 0 bridgehead atoms. The zero-order valence-corrected chi connectivity index (χ0v) is 14.1. The Kier molecular flexibility index (Phi) is 13.5. The third-order valence-corrected chi connectivity index (χ3v) is 5.86. The number of halogens is 6. The summed E-state index contributed by atoms with van der Waals surface area (Å²) in [6, 6.07) is 0. The first-order valence-electron chi connectivity index (χ1n) is 4.84. The third-order valence-electron chi connectivity index (χ3n) is 1.83. The van der Waals surface area contributed by atoms with Crippen molar-refractivity contribution in [2.24, 2.45) is 17.2 Å². The van der Waals surface area contributed by atoms with Gasteiger partial charge < -0.3 is 22.3 Å². The molecule has 0 spiro atoms. The van der Waals surface area contributed by atoms with E-state index in [1.807, 2.05) is 0 Å². The summed E-state index contributed by atoms with van der Waals surface area (Å²) in [5, 5.41) is 4.57. The lowest BCUT2D eigenvalue weighted by molar-refractivity contribution is 0.205. The molecule has 0 radical (unpaired) electrons. The molecule has 1 fully saturated rings. The molecule has 0 aliphatic heterocycles. The number of amides is 1. The fourth-order valence-corrected chi connectivity index (χ4v) is 3.38. The number of rotatable bonds is 0. The predicted octanol–water partition coefficient (Wildman–Crippen LogP) is 2.13. The molecule has 1 aliphatic rings. The number of nitrogens with two attached hydrogens (primary N) is 3. The van der Waals surface area contributed by atoms with Crippen molar-refractivity contribution in [1.82, 2.24) is 0 Å². The van der Waals surface area contributed by atoms with Crippen LogP contribution in [0, 0.1) is 0 Å². The first-order chi connectivity index (χ1) is 8.61. The largest absolute Gasteiger partial charge is 0.465 e. The SMILES string of the molecule is Cl[C@H]1[C@H](Cl)[C@@H](Cl)[C@@H](Cl)[C@H](Cl)[C@H]1Cl.NC(=O)O.NCN. The molecule has 5 nitrogen and oxygen atoms in total. The highest BCUT2D eigenvalue weighted by atomic mass is 35.5. The molecule has 0 unspecified atom stereocenters. The van der Waals surface area contributed by atoms with Crippen molar-refractivity contribution in [3.63, 3.8) is 0 Å². The van der Waals surface area contributed by atoms with E-state index in [4.69, 9.17) is 79.5 Å². The van der Waals surface area contributed by atoms with Crippen LogP contribution in [0.5, 0.6) is 0 Å². The van der Waals surface area contributed by atoms with E-state index in [1.165, 1.54) is 0 Å².